The molecule has 0 atom stereocenters. The molecule has 2 nitrogen and oxygen atoms in total. The van der Waals surface area contributed by atoms with E-state index in [9.17, 15) is 9.18 Å². The van der Waals surface area contributed by atoms with E-state index in [-0.39, 0.29) is 5.91 Å². The Morgan fingerprint density at radius 1 is 1.08 bits per heavy atom. The average Bonchev–Trinajstić information content (AvgIpc) is 2.83. The second-order valence-electron chi connectivity index (χ2n) is 6.74. The van der Waals surface area contributed by atoms with Crippen molar-refractivity contribution < 1.29 is 9.18 Å². The Morgan fingerprint density at radius 3 is 2.28 bits per heavy atom. The first-order chi connectivity index (χ1) is 11.7. The molecule has 0 spiro atoms. The molecule has 1 aliphatic heterocycles. The molecule has 0 fully saturated rings. The van der Waals surface area contributed by atoms with Crippen molar-refractivity contribution in [1.82, 2.24) is 4.90 Å². The lowest BCUT2D eigenvalue weighted by atomic mass is 9.92. The van der Waals surface area contributed by atoms with Crippen LogP contribution in [0, 0.1) is 5.82 Å². The summed E-state index contributed by atoms with van der Waals surface area (Å²) in [6.45, 7) is 6.16. The van der Waals surface area contributed by atoms with Gasteiger partial charge in [0.1, 0.15) is 5.82 Å². The Morgan fingerprint density at radius 2 is 1.68 bits per heavy atom. The highest BCUT2D eigenvalue weighted by atomic mass is 35.5. The van der Waals surface area contributed by atoms with Gasteiger partial charge in [0.05, 0.1) is 11.1 Å². The minimum absolute atomic E-state index is 0.191. The van der Waals surface area contributed by atoms with Crippen LogP contribution < -0.4 is 0 Å². The maximum absolute atomic E-state index is 14.2. The molecule has 0 saturated heterocycles. The van der Waals surface area contributed by atoms with Crippen LogP contribution in [0.1, 0.15) is 31.9 Å². The molecule has 0 aliphatic carbocycles. The molecule has 1 heterocycles. The first-order valence-electron chi connectivity index (χ1n) is 7.95. The molecule has 1 aliphatic rings. The Labute approximate surface area is 156 Å². The highest BCUT2D eigenvalue weighted by molar-refractivity contribution is 6.34. The van der Waals surface area contributed by atoms with Crippen LogP contribution in [0.5, 0.6) is 0 Å². The van der Waals surface area contributed by atoms with E-state index < -0.39 is 11.4 Å². The van der Waals surface area contributed by atoms with Crippen LogP contribution in [0.3, 0.4) is 0 Å². The third kappa shape index (κ3) is 3.19. The minimum atomic E-state index is -0.639. The minimum Gasteiger partial charge on any atom is -0.325 e. The summed E-state index contributed by atoms with van der Waals surface area (Å²) in [5.74, 6) is -0.584. The quantitative estimate of drug-likeness (QED) is 0.673. The standard InChI is InChI=1S/C20H18Cl2FNO/c1-12-11-24(19(25)18(12)16-6-4-5-7-17(16)23)20(2,3)13-8-14(21)10-15(22)9-13/h4-10H,11H2,1-3H3. The van der Waals surface area contributed by atoms with Gasteiger partial charge in [-0.15, -0.1) is 0 Å². The molecule has 0 bridgehead atoms. The zero-order valence-electron chi connectivity index (χ0n) is 14.2. The number of halogens is 3. The van der Waals surface area contributed by atoms with E-state index in [0.717, 1.165) is 11.1 Å². The summed E-state index contributed by atoms with van der Waals surface area (Å²) < 4.78 is 14.2. The van der Waals surface area contributed by atoms with Crippen LogP contribution >= 0.6 is 23.2 Å². The number of carbonyl (C=O) groups excluding carboxylic acids is 1. The number of hydrogen-bond donors (Lipinski definition) is 0. The van der Waals surface area contributed by atoms with Crippen molar-refractivity contribution in [2.75, 3.05) is 6.54 Å². The van der Waals surface area contributed by atoms with Gasteiger partial charge < -0.3 is 4.90 Å². The van der Waals surface area contributed by atoms with Gasteiger partial charge in [-0.2, -0.15) is 0 Å². The monoisotopic (exact) mass is 377 g/mol. The van der Waals surface area contributed by atoms with Crippen molar-refractivity contribution in [3.05, 3.63) is 75.0 Å². The maximum Gasteiger partial charge on any atom is 0.255 e. The maximum atomic E-state index is 14.2. The smallest absolute Gasteiger partial charge is 0.255 e. The van der Waals surface area contributed by atoms with E-state index in [2.05, 4.69) is 0 Å². The van der Waals surface area contributed by atoms with Gasteiger partial charge >= 0.3 is 0 Å². The SMILES string of the molecule is CC1=C(c2ccccc2F)C(=O)N(C(C)(C)c2cc(Cl)cc(Cl)c2)C1. The van der Waals surface area contributed by atoms with E-state index >= 15 is 0 Å². The highest BCUT2D eigenvalue weighted by Gasteiger charge is 2.40. The van der Waals surface area contributed by atoms with E-state index in [4.69, 9.17) is 23.2 Å². The summed E-state index contributed by atoms with van der Waals surface area (Å²) in [5, 5.41) is 1.03. The van der Waals surface area contributed by atoms with E-state index in [1.165, 1.54) is 6.07 Å². The fourth-order valence-corrected chi connectivity index (χ4v) is 3.76. The summed E-state index contributed by atoms with van der Waals surface area (Å²) in [5.41, 5.74) is 1.81. The van der Waals surface area contributed by atoms with Gasteiger partial charge in [-0.05, 0) is 56.2 Å². The van der Waals surface area contributed by atoms with Crippen molar-refractivity contribution in [1.29, 1.82) is 0 Å². The zero-order valence-corrected chi connectivity index (χ0v) is 15.7. The summed E-state index contributed by atoms with van der Waals surface area (Å²) in [6.07, 6.45) is 0. The number of benzene rings is 2. The average molecular weight is 378 g/mol. The molecule has 130 valence electrons. The van der Waals surface area contributed by atoms with Crippen molar-refractivity contribution >= 4 is 34.7 Å². The van der Waals surface area contributed by atoms with Crippen molar-refractivity contribution in [3.63, 3.8) is 0 Å². The van der Waals surface area contributed by atoms with Gasteiger partial charge in [0.25, 0.3) is 5.91 Å². The Balaban J connectivity index is 2.01. The van der Waals surface area contributed by atoms with Gasteiger partial charge in [0, 0.05) is 22.2 Å². The Kier molecular flexibility index (Phi) is 4.65. The summed E-state index contributed by atoms with van der Waals surface area (Å²) in [6, 6.07) is 11.6. The normalized spacial score (nSPS) is 15.3. The van der Waals surface area contributed by atoms with Gasteiger partial charge in [0.15, 0.2) is 0 Å². The van der Waals surface area contributed by atoms with Gasteiger partial charge in [0.2, 0.25) is 0 Å². The van der Waals surface area contributed by atoms with E-state index in [1.807, 2.05) is 20.8 Å². The third-order valence-electron chi connectivity index (χ3n) is 4.67. The highest BCUT2D eigenvalue weighted by Crippen LogP contribution is 2.39. The lowest BCUT2D eigenvalue weighted by Crippen LogP contribution is -2.43. The fraction of sp³-hybridized carbons (Fsp3) is 0.250. The van der Waals surface area contributed by atoms with E-state index in [1.54, 1.807) is 41.3 Å². The predicted octanol–water partition coefficient (Wildman–Crippen LogP) is 5.68. The Bertz CT molecular complexity index is 869. The molecule has 0 aromatic heterocycles. The van der Waals surface area contributed by atoms with Gasteiger partial charge in [-0.3, -0.25) is 4.79 Å². The molecule has 0 N–H and O–H groups in total. The lowest BCUT2D eigenvalue weighted by Gasteiger charge is -2.37. The molecular weight excluding hydrogens is 360 g/mol. The summed E-state index contributed by atoms with van der Waals surface area (Å²) >= 11 is 12.3. The topological polar surface area (TPSA) is 20.3 Å². The second-order valence-corrected chi connectivity index (χ2v) is 7.62. The number of nitrogens with zero attached hydrogens (tertiary/aromatic N) is 1. The number of rotatable bonds is 3. The number of amides is 1. The zero-order chi connectivity index (χ0) is 18.4. The molecule has 0 radical (unpaired) electrons. The summed E-state index contributed by atoms with van der Waals surface area (Å²) in [4.78, 5) is 14.8. The molecule has 25 heavy (non-hydrogen) atoms. The summed E-state index contributed by atoms with van der Waals surface area (Å²) in [7, 11) is 0. The van der Waals surface area contributed by atoms with Crippen LogP contribution in [-0.2, 0) is 10.3 Å². The molecule has 5 heteroatoms. The molecule has 0 saturated carbocycles. The van der Waals surface area contributed by atoms with Crippen LogP contribution in [0.25, 0.3) is 5.57 Å². The third-order valence-corrected chi connectivity index (χ3v) is 5.10. The van der Waals surface area contributed by atoms with Crippen LogP contribution in [0.2, 0.25) is 10.0 Å². The lowest BCUT2D eigenvalue weighted by molar-refractivity contribution is -0.128. The van der Waals surface area contributed by atoms with Crippen LogP contribution in [0.4, 0.5) is 4.39 Å². The largest absolute Gasteiger partial charge is 0.325 e. The van der Waals surface area contributed by atoms with Gasteiger partial charge in [-0.1, -0.05) is 41.4 Å². The van der Waals surface area contributed by atoms with Crippen LogP contribution in [-0.4, -0.2) is 17.4 Å². The molecular formula is C20H18Cl2FNO. The Hall–Kier alpha value is -1.84. The first-order valence-corrected chi connectivity index (χ1v) is 8.70. The van der Waals surface area contributed by atoms with Crippen molar-refractivity contribution in [2.45, 2.75) is 26.3 Å². The molecule has 1 amide bonds. The van der Waals surface area contributed by atoms with Crippen molar-refractivity contribution in [2.24, 2.45) is 0 Å². The molecule has 3 rings (SSSR count). The number of carbonyl (C=O) groups is 1. The van der Waals surface area contributed by atoms with E-state index in [0.29, 0.717) is 27.7 Å². The molecule has 2 aromatic carbocycles. The molecule has 2 aromatic rings. The predicted molar refractivity (Wildman–Crippen MR) is 100 cm³/mol. The van der Waals surface area contributed by atoms with Crippen molar-refractivity contribution in [3.8, 4) is 0 Å². The first kappa shape index (κ1) is 18.0. The fourth-order valence-electron chi connectivity index (χ4n) is 3.23. The van der Waals surface area contributed by atoms with Crippen LogP contribution in [0.15, 0.2) is 48.0 Å². The van der Waals surface area contributed by atoms with Gasteiger partial charge in [-0.25, -0.2) is 4.39 Å². The second kappa shape index (κ2) is 6.47. The number of hydrogen-bond acceptors (Lipinski definition) is 1. The molecule has 0 unspecified atom stereocenters.